The quantitative estimate of drug-likeness (QED) is 0.801. The van der Waals surface area contributed by atoms with Crippen LogP contribution in [0.15, 0.2) is 36.1 Å². The van der Waals surface area contributed by atoms with Crippen molar-refractivity contribution in [1.29, 1.82) is 5.26 Å². The molecule has 0 amide bonds. The number of rotatable bonds is 3. The highest BCUT2D eigenvalue weighted by molar-refractivity contribution is 6.30. The van der Waals surface area contributed by atoms with E-state index in [-0.39, 0.29) is 17.8 Å². The van der Waals surface area contributed by atoms with Gasteiger partial charge in [-0.1, -0.05) is 23.7 Å². The molecule has 0 aliphatic carbocycles. The Morgan fingerprint density at radius 2 is 2.20 bits per heavy atom. The number of ether oxygens (including phenoxy) is 2. The van der Waals surface area contributed by atoms with Crippen molar-refractivity contribution < 1.29 is 14.3 Å². The van der Waals surface area contributed by atoms with E-state index in [9.17, 15) is 4.79 Å². The van der Waals surface area contributed by atoms with Crippen LogP contribution in [0.25, 0.3) is 0 Å². The molecule has 0 radical (unpaired) electrons. The van der Waals surface area contributed by atoms with Crippen molar-refractivity contribution in [2.24, 2.45) is 5.92 Å². The zero-order chi connectivity index (χ0) is 14.5. The molecule has 20 heavy (non-hydrogen) atoms. The molecule has 2 atom stereocenters. The van der Waals surface area contributed by atoms with Crippen molar-refractivity contribution in [3.63, 3.8) is 0 Å². The Labute approximate surface area is 122 Å². The van der Waals surface area contributed by atoms with Gasteiger partial charge in [-0.15, -0.1) is 0 Å². The normalized spacial score (nSPS) is 21.4. The molecule has 0 saturated carbocycles. The second-order valence-electron chi connectivity index (χ2n) is 4.40. The summed E-state index contributed by atoms with van der Waals surface area (Å²) in [5.41, 5.74) is 0.879. The van der Waals surface area contributed by atoms with E-state index in [0.717, 1.165) is 5.56 Å². The molecule has 1 heterocycles. The summed E-state index contributed by atoms with van der Waals surface area (Å²) in [6.45, 7) is 2.07. The van der Waals surface area contributed by atoms with Crippen molar-refractivity contribution in [3.05, 3.63) is 46.7 Å². The summed E-state index contributed by atoms with van der Waals surface area (Å²) in [5.74, 6) is -0.643. The summed E-state index contributed by atoms with van der Waals surface area (Å²) < 4.78 is 10.6. The molecule has 2 rings (SSSR count). The second kappa shape index (κ2) is 6.44. The average Bonchev–Trinajstić information content (AvgIpc) is 2.47. The fraction of sp³-hybridized carbons (Fsp3) is 0.333. The molecular formula is C15H14ClNO3. The molecule has 1 aromatic carbocycles. The molecule has 0 unspecified atom stereocenters. The molecule has 1 aromatic rings. The smallest absolute Gasteiger partial charge is 0.313 e. The Hall–Kier alpha value is -1.99. The molecule has 0 saturated heterocycles. The number of nitriles is 1. The van der Waals surface area contributed by atoms with Gasteiger partial charge in [0.1, 0.15) is 12.2 Å². The number of benzene rings is 1. The molecule has 0 spiro atoms. The first-order valence-corrected chi connectivity index (χ1v) is 6.72. The van der Waals surface area contributed by atoms with E-state index in [2.05, 4.69) is 0 Å². The third kappa shape index (κ3) is 3.31. The van der Waals surface area contributed by atoms with E-state index in [4.69, 9.17) is 26.3 Å². The van der Waals surface area contributed by atoms with Crippen LogP contribution < -0.4 is 0 Å². The van der Waals surface area contributed by atoms with Crippen LogP contribution in [0.3, 0.4) is 0 Å². The van der Waals surface area contributed by atoms with Crippen LogP contribution in [0, 0.1) is 17.2 Å². The molecule has 1 aliphatic rings. The number of hydrogen-bond donors (Lipinski definition) is 0. The highest BCUT2D eigenvalue weighted by atomic mass is 35.5. The SMILES string of the molecule is CCOC(=O)[C@H]1C=C(C#N)O[C@@H](c2ccc(Cl)cc2)C1. The highest BCUT2D eigenvalue weighted by Gasteiger charge is 2.30. The molecule has 104 valence electrons. The molecule has 4 nitrogen and oxygen atoms in total. The molecule has 5 heteroatoms. The van der Waals surface area contributed by atoms with Gasteiger partial charge in [0, 0.05) is 11.4 Å². The van der Waals surface area contributed by atoms with Crippen LogP contribution in [0.4, 0.5) is 0 Å². The van der Waals surface area contributed by atoms with Crippen LogP contribution in [0.1, 0.15) is 25.0 Å². The molecule has 1 aliphatic heterocycles. The Balaban J connectivity index is 2.21. The predicted molar refractivity (Wildman–Crippen MR) is 73.7 cm³/mol. The van der Waals surface area contributed by atoms with Gasteiger partial charge in [-0.25, -0.2) is 0 Å². The van der Waals surface area contributed by atoms with E-state index in [1.807, 2.05) is 18.2 Å². The van der Waals surface area contributed by atoms with Crippen molar-refractivity contribution in [2.75, 3.05) is 6.61 Å². The monoisotopic (exact) mass is 291 g/mol. The Morgan fingerprint density at radius 1 is 1.50 bits per heavy atom. The summed E-state index contributed by atoms with van der Waals surface area (Å²) in [6, 6.07) is 9.11. The van der Waals surface area contributed by atoms with Gasteiger partial charge in [0.2, 0.25) is 0 Å². The summed E-state index contributed by atoms with van der Waals surface area (Å²) in [4.78, 5) is 11.8. The summed E-state index contributed by atoms with van der Waals surface area (Å²) in [7, 11) is 0. The minimum Gasteiger partial charge on any atom is -0.476 e. The Kier molecular flexibility index (Phi) is 4.65. The van der Waals surface area contributed by atoms with E-state index < -0.39 is 5.92 Å². The fourth-order valence-electron chi connectivity index (χ4n) is 2.08. The standard InChI is InChI=1S/C15H14ClNO3/c1-2-19-15(18)11-7-13(9-17)20-14(8-11)10-3-5-12(16)6-4-10/h3-7,11,14H,2,8H2,1H3/t11-,14+/m0/s1. The van der Waals surface area contributed by atoms with Gasteiger partial charge in [0.15, 0.2) is 5.76 Å². The maximum Gasteiger partial charge on any atom is 0.313 e. The topological polar surface area (TPSA) is 59.3 Å². The van der Waals surface area contributed by atoms with Gasteiger partial charge in [-0.3, -0.25) is 4.79 Å². The van der Waals surface area contributed by atoms with E-state index in [1.165, 1.54) is 6.08 Å². The lowest BCUT2D eigenvalue weighted by molar-refractivity contribution is -0.148. The van der Waals surface area contributed by atoms with Crippen molar-refractivity contribution >= 4 is 17.6 Å². The first kappa shape index (κ1) is 14.4. The zero-order valence-electron chi connectivity index (χ0n) is 11.0. The average molecular weight is 292 g/mol. The molecular weight excluding hydrogens is 278 g/mol. The van der Waals surface area contributed by atoms with Gasteiger partial charge in [0.05, 0.1) is 12.5 Å². The lowest BCUT2D eigenvalue weighted by atomic mass is 9.94. The van der Waals surface area contributed by atoms with Gasteiger partial charge < -0.3 is 9.47 Å². The Morgan fingerprint density at radius 3 is 2.80 bits per heavy atom. The molecule has 0 fully saturated rings. The maximum absolute atomic E-state index is 11.8. The van der Waals surface area contributed by atoms with Gasteiger partial charge in [-0.05, 0) is 30.7 Å². The maximum atomic E-state index is 11.8. The summed E-state index contributed by atoms with van der Waals surface area (Å²) in [6.07, 6.45) is 1.62. The number of esters is 1. The van der Waals surface area contributed by atoms with Gasteiger partial charge in [0.25, 0.3) is 0 Å². The van der Waals surface area contributed by atoms with Gasteiger partial charge in [-0.2, -0.15) is 5.26 Å². The van der Waals surface area contributed by atoms with Crippen molar-refractivity contribution in [2.45, 2.75) is 19.4 Å². The summed E-state index contributed by atoms with van der Waals surface area (Å²) >= 11 is 5.85. The third-order valence-corrected chi connectivity index (χ3v) is 3.28. The largest absolute Gasteiger partial charge is 0.476 e. The van der Waals surface area contributed by atoms with Crippen LogP contribution in [-0.4, -0.2) is 12.6 Å². The minimum atomic E-state index is -0.459. The van der Waals surface area contributed by atoms with E-state index >= 15 is 0 Å². The lowest BCUT2D eigenvalue weighted by Gasteiger charge is -2.26. The molecule has 0 aromatic heterocycles. The van der Waals surface area contributed by atoms with E-state index in [1.54, 1.807) is 19.1 Å². The molecule has 0 bridgehead atoms. The lowest BCUT2D eigenvalue weighted by Crippen LogP contribution is -2.23. The first-order chi connectivity index (χ1) is 9.63. The predicted octanol–water partition coefficient (Wildman–Crippen LogP) is 3.39. The number of nitrogens with zero attached hydrogens (tertiary/aromatic N) is 1. The zero-order valence-corrected chi connectivity index (χ0v) is 11.8. The van der Waals surface area contributed by atoms with Crippen molar-refractivity contribution in [3.8, 4) is 6.07 Å². The minimum absolute atomic E-state index is 0.147. The third-order valence-electron chi connectivity index (χ3n) is 3.03. The number of allylic oxidation sites excluding steroid dienone is 1. The fourth-order valence-corrected chi connectivity index (χ4v) is 2.21. The highest BCUT2D eigenvalue weighted by Crippen LogP contribution is 2.34. The van der Waals surface area contributed by atoms with Crippen LogP contribution in [0.2, 0.25) is 5.02 Å². The van der Waals surface area contributed by atoms with Gasteiger partial charge >= 0.3 is 5.97 Å². The second-order valence-corrected chi connectivity index (χ2v) is 4.83. The van der Waals surface area contributed by atoms with Crippen LogP contribution in [-0.2, 0) is 14.3 Å². The van der Waals surface area contributed by atoms with Crippen molar-refractivity contribution in [1.82, 2.24) is 0 Å². The van der Waals surface area contributed by atoms with Crippen LogP contribution in [0.5, 0.6) is 0 Å². The Bertz CT molecular complexity index is 559. The number of carbonyl (C=O) groups excluding carboxylic acids is 1. The summed E-state index contributed by atoms with van der Waals surface area (Å²) in [5, 5.41) is 9.64. The van der Waals surface area contributed by atoms with E-state index in [0.29, 0.717) is 18.1 Å². The van der Waals surface area contributed by atoms with Crippen LogP contribution >= 0.6 is 11.6 Å². The number of halogens is 1. The number of carbonyl (C=O) groups is 1. The number of hydrogen-bond acceptors (Lipinski definition) is 4. The first-order valence-electron chi connectivity index (χ1n) is 6.34. The molecule has 0 N–H and O–H groups in total.